The number of amides is 1. The van der Waals surface area contributed by atoms with Gasteiger partial charge in [0.2, 0.25) is 0 Å². The minimum atomic E-state index is -5.19. The SMILES string of the molecule is C=CCCCCCCC(=O)O[As](=O)(O)c1ccc(O)cc1NC(C)=O. The van der Waals surface area contributed by atoms with E-state index in [0.29, 0.717) is 6.42 Å². The average molecular weight is 413 g/mol. The summed E-state index contributed by atoms with van der Waals surface area (Å²) in [5.74, 6) is -1.42. The van der Waals surface area contributed by atoms with Crippen molar-refractivity contribution >= 4 is 36.1 Å². The van der Waals surface area contributed by atoms with Crippen molar-refractivity contribution in [2.45, 2.75) is 45.4 Å². The molecule has 0 saturated carbocycles. The third-order valence-corrected chi connectivity index (χ3v) is 6.40. The van der Waals surface area contributed by atoms with Crippen LogP contribution in [0.25, 0.3) is 0 Å². The molecule has 0 spiro atoms. The average Bonchev–Trinajstić information content (AvgIpc) is 2.49. The van der Waals surface area contributed by atoms with Crippen LogP contribution >= 0.6 is 0 Å². The number of aromatic hydroxyl groups is 1. The zero-order valence-electron chi connectivity index (χ0n) is 14.2. The summed E-state index contributed by atoms with van der Waals surface area (Å²) in [6, 6.07) is 3.50. The minimum absolute atomic E-state index is 0.0466. The number of anilines is 1. The molecule has 0 aliphatic rings. The molecule has 0 fully saturated rings. The maximum absolute atomic E-state index is 12.4. The first-order valence-corrected chi connectivity index (χ1v) is 11.3. The summed E-state index contributed by atoms with van der Waals surface area (Å²) in [6.45, 7) is 4.86. The van der Waals surface area contributed by atoms with Gasteiger partial charge >= 0.3 is 150 Å². The van der Waals surface area contributed by atoms with E-state index in [1.54, 1.807) is 0 Å². The Labute approximate surface area is 150 Å². The standard InChI is InChI=1S/C17H24AsNO6/c1-3-4-5-6-7-8-9-17(22)25-18(23,24)15-11-10-14(21)12-16(15)19-13(2)20/h3,10-12,21H,1,4-9H2,2H3,(H,19,20)(H,23,24). The van der Waals surface area contributed by atoms with E-state index < -0.39 is 26.0 Å². The molecule has 0 radical (unpaired) electrons. The summed E-state index contributed by atoms with van der Waals surface area (Å²) in [4.78, 5) is 23.0. The Morgan fingerprint density at radius 2 is 1.96 bits per heavy atom. The molecule has 1 amide bonds. The Morgan fingerprint density at radius 1 is 1.28 bits per heavy atom. The molecular weight excluding hydrogens is 389 g/mol. The van der Waals surface area contributed by atoms with Crippen LogP contribution in [-0.4, -0.2) is 35.3 Å². The molecule has 1 aromatic rings. The first kappa shape index (κ1) is 21.1. The molecule has 0 aliphatic heterocycles. The van der Waals surface area contributed by atoms with Crippen LogP contribution in [0.3, 0.4) is 0 Å². The fourth-order valence-electron chi connectivity index (χ4n) is 2.20. The van der Waals surface area contributed by atoms with Gasteiger partial charge in [0.15, 0.2) is 0 Å². The molecule has 1 rings (SSSR count). The van der Waals surface area contributed by atoms with Crippen molar-refractivity contribution in [1.29, 1.82) is 0 Å². The molecule has 0 aliphatic carbocycles. The number of hydrogen-bond donors (Lipinski definition) is 3. The third-order valence-electron chi connectivity index (χ3n) is 3.36. The van der Waals surface area contributed by atoms with Gasteiger partial charge in [-0.25, -0.2) is 0 Å². The Balaban J connectivity index is 2.68. The molecule has 1 aromatic carbocycles. The van der Waals surface area contributed by atoms with Crippen molar-refractivity contribution in [2.75, 3.05) is 5.32 Å². The van der Waals surface area contributed by atoms with E-state index in [0.717, 1.165) is 31.7 Å². The van der Waals surface area contributed by atoms with E-state index in [9.17, 15) is 22.5 Å². The van der Waals surface area contributed by atoms with Crippen LogP contribution in [0.15, 0.2) is 30.9 Å². The van der Waals surface area contributed by atoms with E-state index in [-0.39, 0.29) is 22.2 Å². The van der Waals surface area contributed by atoms with E-state index >= 15 is 0 Å². The Bertz CT molecular complexity index is 673. The van der Waals surface area contributed by atoms with Crippen LogP contribution in [0, 0.1) is 0 Å². The van der Waals surface area contributed by atoms with Gasteiger partial charge in [-0.3, -0.25) is 0 Å². The van der Waals surface area contributed by atoms with Crippen molar-refractivity contribution in [3.63, 3.8) is 0 Å². The molecule has 0 saturated heterocycles. The van der Waals surface area contributed by atoms with E-state index in [2.05, 4.69) is 11.9 Å². The topological polar surface area (TPSA) is 113 Å². The number of phenolic OH excluding ortho intramolecular Hbond substituents is 1. The van der Waals surface area contributed by atoms with Crippen LogP contribution in [-0.2, 0) is 17.1 Å². The Morgan fingerprint density at radius 3 is 2.60 bits per heavy atom. The van der Waals surface area contributed by atoms with Crippen LogP contribution in [0.5, 0.6) is 5.75 Å². The van der Waals surface area contributed by atoms with Crippen LogP contribution < -0.4 is 9.67 Å². The molecule has 3 N–H and O–H groups in total. The summed E-state index contributed by atoms with van der Waals surface area (Å²) >= 11 is -5.19. The molecule has 138 valence electrons. The van der Waals surface area contributed by atoms with Gasteiger partial charge in [0, 0.05) is 0 Å². The Kier molecular flexibility index (Phi) is 8.52. The Hall–Kier alpha value is -1.98. The predicted molar refractivity (Wildman–Crippen MR) is 94.7 cm³/mol. The summed E-state index contributed by atoms with van der Waals surface area (Å²) in [6.07, 6.45) is 6.14. The number of hydrogen-bond acceptors (Lipinski definition) is 5. The zero-order chi connectivity index (χ0) is 18.9. The van der Waals surface area contributed by atoms with Crippen molar-refractivity contribution in [3.05, 3.63) is 30.9 Å². The number of phenols is 1. The quantitative estimate of drug-likeness (QED) is 0.307. The molecule has 1 atom stereocenters. The van der Waals surface area contributed by atoms with Gasteiger partial charge < -0.3 is 0 Å². The van der Waals surface area contributed by atoms with Gasteiger partial charge in [-0.05, 0) is 0 Å². The fourth-order valence-corrected chi connectivity index (χ4v) is 4.62. The maximum atomic E-state index is 12.4. The van der Waals surface area contributed by atoms with Gasteiger partial charge in [0.1, 0.15) is 0 Å². The fraction of sp³-hybridized carbons (Fsp3) is 0.412. The van der Waals surface area contributed by atoms with E-state index in [1.165, 1.54) is 19.1 Å². The number of allylic oxidation sites excluding steroid dienone is 1. The summed E-state index contributed by atoms with van der Waals surface area (Å²) in [5.41, 5.74) is -0.0466. The van der Waals surface area contributed by atoms with Gasteiger partial charge in [0.05, 0.1) is 0 Å². The summed E-state index contributed by atoms with van der Waals surface area (Å²) < 4.78 is 27.2. The molecule has 7 nitrogen and oxygen atoms in total. The molecule has 25 heavy (non-hydrogen) atoms. The van der Waals surface area contributed by atoms with Crippen LogP contribution in [0.2, 0.25) is 0 Å². The second-order valence-electron chi connectivity index (χ2n) is 5.61. The number of carbonyl (C=O) groups is 2. The number of nitrogens with one attached hydrogen (secondary N) is 1. The molecule has 8 heteroatoms. The van der Waals surface area contributed by atoms with Gasteiger partial charge in [-0.2, -0.15) is 0 Å². The second kappa shape index (κ2) is 10.1. The van der Waals surface area contributed by atoms with Crippen molar-refractivity contribution < 1.29 is 26.3 Å². The van der Waals surface area contributed by atoms with Crippen molar-refractivity contribution in [2.24, 2.45) is 0 Å². The first-order valence-electron chi connectivity index (χ1n) is 8.03. The van der Waals surface area contributed by atoms with Gasteiger partial charge in [-0.1, -0.05) is 0 Å². The normalized spacial score (nSPS) is 12.9. The molecular formula is C17H24AsNO6. The van der Waals surface area contributed by atoms with Crippen LogP contribution in [0.4, 0.5) is 5.69 Å². The van der Waals surface area contributed by atoms with Gasteiger partial charge in [0.25, 0.3) is 0 Å². The number of benzene rings is 1. The van der Waals surface area contributed by atoms with Crippen LogP contribution in [0.1, 0.15) is 45.4 Å². The predicted octanol–water partition coefficient (Wildman–Crippen LogP) is 1.99. The van der Waals surface area contributed by atoms with Gasteiger partial charge in [-0.15, -0.1) is 0 Å². The number of carbonyl (C=O) groups excluding carboxylic acids is 2. The van der Waals surface area contributed by atoms with E-state index in [4.69, 9.17) is 3.73 Å². The monoisotopic (exact) mass is 413 g/mol. The van der Waals surface area contributed by atoms with Crippen molar-refractivity contribution in [3.8, 4) is 5.75 Å². The second-order valence-corrected chi connectivity index (χ2v) is 9.19. The molecule has 0 heterocycles. The summed E-state index contributed by atoms with van der Waals surface area (Å²) in [5, 5.41) is 11.8. The number of unbranched alkanes of at least 4 members (excludes halogenated alkanes) is 4. The number of rotatable bonds is 10. The third kappa shape index (κ3) is 7.62. The van der Waals surface area contributed by atoms with E-state index in [1.807, 2.05) is 6.08 Å². The zero-order valence-corrected chi connectivity index (χ0v) is 16.1. The molecule has 1 unspecified atom stereocenters. The summed E-state index contributed by atoms with van der Waals surface area (Å²) in [7, 11) is 0. The molecule has 0 aromatic heterocycles. The van der Waals surface area contributed by atoms with Crippen molar-refractivity contribution in [1.82, 2.24) is 0 Å². The molecule has 0 bridgehead atoms. The first-order chi connectivity index (χ1) is 11.8.